The molecule has 2 heterocycles. The van der Waals surface area contributed by atoms with Crippen LogP contribution in [0.2, 0.25) is 0 Å². The zero-order valence-electron chi connectivity index (χ0n) is 17.6. The third-order valence-corrected chi connectivity index (χ3v) is 5.59. The number of hydrogen-bond acceptors (Lipinski definition) is 4. The van der Waals surface area contributed by atoms with E-state index in [-0.39, 0.29) is 17.1 Å². The van der Waals surface area contributed by atoms with Crippen molar-refractivity contribution in [1.82, 2.24) is 15.2 Å². The summed E-state index contributed by atoms with van der Waals surface area (Å²) in [6.45, 7) is 5.19. The standard InChI is InChI=1S/C22H28FN5O2/c1-4-20(29)28(3)22(9-10-24-14-22)12-16-6-8-18(23)19(11-16)27-21(30)26-17-7-5-15(2)25-13-17/h5-8,11,13,24H,4,9-10,12,14H2,1-3H3,(H2,26,27,30)/t22-/m1/s1. The van der Waals surface area contributed by atoms with Crippen LogP contribution < -0.4 is 16.0 Å². The molecule has 2 aromatic rings. The van der Waals surface area contributed by atoms with Crippen LogP contribution in [-0.2, 0) is 11.2 Å². The number of halogens is 1. The van der Waals surface area contributed by atoms with Crippen molar-refractivity contribution in [2.45, 2.75) is 38.6 Å². The summed E-state index contributed by atoms with van der Waals surface area (Å²) < 4.78 is 14.3. The van der Waals surface area contributed by atoms with E-state index in [9.17, 15) is 14.0 Å². The molecule has 0 aliphatic carbocycles. The summed E-state index contributed by atoms with van der Waals surface area (Å²) in [5.74, 6) is -0.447. The number of likely N-dealkylation sites (N-methyl/N-ethyl adjacent to an activating group) is 1. The van der Waals surface area contributed by atoms with Crippen molar-refractivity contribution in [3.05, 3.63) is 53.6 Å². The molecule has 0 saturated carbocycles. The van der Waals surface area contributed by atoms with Crippen LogP contribution >= 0.6 is 0 Å². The van der Waals surface area contributed by atoms with Crippen LogP contribution in [0.1, 0.15) is 31.0 Å². The quantitative estimate of drug-likeness (QED) is 0.678. The third-order valence-electron chi connectivity index (χ3n) is 5.59. The van der Waals surface area contributed by atoms with Gasteiger partial charge in [-0.1, -0.05) is 13.0 Å². The number of nitrogens with zero attached hydrogens (tertiary/aromatic N) is 2. The van der Waals surface area contributed by atoms with E-state index >= 15 is 0 Å². The lowest BCUT2D eigenvalue weighted by Gasteiger charge is -2.38. The molecule has 0 spiro atoms. The number of hydrogen-bond donors (Lipinski definition) is 3. The van der Waals surface area contributed by atoms with Gasteiger partial charge in [0.25, 0.3) is 0 Å². The Labute approximate surface area is 176 Å². The van der Waals surface area contributed by atoms with Gasteiger partial charge in [-0.2, -0.15) is 0 Å². The van der Waals surface area contributed by atoms with Gasteiger partial charge in [-0.25, -0.2) is 9.18 Å². The number of nitrogens with one attached hydrogen (secondary N) is 3. The van der Waals surface area contributed by atoms with E-state index in [4.69, 9.17) is 0 Å². The number of aryl methyl sites for hydroxylation is 1. The molecule has 1 atom stereocenters. The van der Waals surface area contributed by atoms with Gasteiger partial charge in [0.2, 0.25) is 5.91 Å². The molecule has 1 aromatic carbocycles. The molecule has 0 radical (unpaired) electrons. The number of benzene rings is 1. The van der Waals surface area contributed by atoms with Gasteiger partial charge in [-0.05, 0) is 56.1 Å². The average molecular weight is 413 g/mol. The van der Waals surface area contributed by atoms with E-state index in [0.29, 0.717) is 25.1 Å². The maximum absolute atomic E-state index is 14.3. The molecule has 0 bridgehead atoms. The predicted molar refractivity (Wildman–Crippen MR) is 115 cm³/mol. The maximum Gasteiger partial charge on any atom is 0.323 e. The van der Waals surface area contributed by atoms with Crippen molar-refractivity contribution in [1.29, 1.82) is 0 Å². The largest absolute Gasteiger partial charge is 0.338 e. The summed E-state index contributed by atoms with van der Waals surface area (Å²) >= 11 is 0. The number of rotatable bonds is 6. The number of urea groups is 1. The minimum Gasteiger partial charge on any atom is -0.338 e. The molecule has 8 heteroatoms. The normalized spacial score (nSPS) is 18.1. The molecular weight excluding hydrogens is 385 g/mol. The molecular formula is C22H28FN5O2. The zero-order chi connectivity index (χ0) is 21.7. The third kappa shape index (κ3) is 4.94. The monoisotopic (exact) mass is 413 g/mol. The number of aromatic nitrogens is 1. The molecule has 160 valence electrons. The second-order valence-corrected chi connectivity index (χ2v) is 7.72. The van der Waals surface area contributed by atoms with Crippen molar-refractivity contribution >= 4 is 23.3 Å². The number of carbonyl (C=O) groups is 2. The lowest BCUT2D eigenvalue weighted by atomic mass is 9.87. The Morgan fingerprint density at radius 1 is 1.27 bits per heavy atom. The van der Waals surface area contributed by atoms with E-state index < -0.39 is 11.8 Å². The Hall–Kier alpha value is -3.00. The minimum absolute atomic E-state index is 0.0743. The molecule has 3 rings (SSSR count). The molecule has 7 nitrogen and oxygen atoms in total. The van der Waals surface area contributed by atoms with Crippen molar-refractivity contribution in [3.8, 4) is 0 Å². The molecule has 30 heavy (non-hydrogen) atoms. The van der Waals surface area contributed by atoms with Crippen LogP contribution in [0, 0.1) is 12.7 Å². The predicted octanol–water partition coefficient (Wildman–Crippen LogP) is 3.32. The van der Waals surface area contributed by atoms with Crippen molar-refractivity contribution in [3.63, 3.8) is 0 Å². The van der Waals surface area contributed by atoms with E-state index in [1.165, 1.54) is 6.07 Å². The smallest absolute Gasteiger partial charge is 0.323 e. The molecule has 1 aliphatic heterocycles. The van der Waals surface area contributed by atoms with Crippen LogP contribution in [0.25, 0.3) is 0 Å². The van der Waals surface area contributed by atoms with Crippen molar-refractivity contribution < 1.29 is 14.0 Å². The Bertz CT molecular complexity index is 910. The van der Waals surface area contributed by atoms with Crippen molar-refractivity contribution in [2.24, 2.45) is 0 Å². The Balaban J connectivity index is 1.74. The number of amides is 3. The lowest BCUT2D eigenvalue weighted by molar-refractivity contribution is -0.134. The molecule has 3 amide bonds. The average Bonchev–Trinajstić information content (AvgIpc) is 3.20. The van der Waals surface area contributed by atoms with Gasteiger partial charge >= 0.3 is 6.03 Å². The molecule has 1 aromatic heterocycles. The van der Waals surface area contributed by atoms with Crippen LogP contribution in [0.3, 0.4) is 0 Å². The summed E-state index contributed by atoms with van der Waals surface area (Å²) in [6.07, 6.45) is 3.36. The lowest BCUT2D eigenvalue weighted by Crippen LogP contribution is -2.52. The van der Waals surface area contributed by atoms with Gasteiger partial charge in [0.1, 0.15) is 5.82 Å². The number of carbonyl (C=O) groups excluding carboxylic acids is 2. The maximum atomic E-state index is 14.3. The molecule has 3 N–H and O–H groups in total. The van der Waals surface area contributed by atoms with Gasteiger partial charge in [0.05, 0.1) is 23.1 Å². The van der Waals surface area contributed by atoms with Gasteiger partial charge in [-0.15, -0.1) is 0 Å². The van der Waals surface area contributed by atoms with Crippen LogP contribution in [0.15, 0.2) is 36.5 Å². The molecule has 1 aliphatic rings. The summed E-state index contributed by atoms with van der Waals surface area (Å²) in [5, 5.41) is 8.54. The zero-order valence-corrected chi connectivity index (χ0v) is 17.6. The van der Waals surface area contributed by atoms with Crippen LogP contribution in [0.4, 0.5) is 20.6 Å². The number of pyridine rings is 1. The van der Waals surface area contributed by atoms with Crippen LogP contribution in [0.5, 0.6) is 0 Å². The SMILES string of the molecule is CCC(=O)N(C)[C@@]1(Cc2ccc(F)c(NC(=O)Nc3ccc(C)nc3)c2)CCNC1. The Morgan fingerprint density at radius 3 is 2.70 bits per heavy atom. The first-order chi connectivity index (χ1) is 14.3. The van der Waals surface area contributed by atoms with E-state index in [2.05, 4.69) is 20.9 Å². The number of anilines is 2. The summed E-state index contributed by atoms with van der Waals surface area (Å²) in [6, 6.07) is 7.63. The highest BCUT2D eigenvalue weighted by molar-refractivity contribution is 5.99. The highest BCUT2D eigenvalue weighted by Crippen LogP contribution is 2.29. The molecule has 1 saturated heterocycles. The minimum atomic E-state index is -0.549. The molecule has 0 unspecified atom stereocenters. The highest BCUT2D eigenvalue weighted by Gasteiger charge is 2.39. The van der Waals surface area contributed by atoms with Crippen LogP contribution in [-0.4, -0.2) is 47.5 Å². The van der Waals surface area contributed by atoms with Gasteiger partial charge < -0.3 is 20.9 Å². The van der Waals surface area contributed by atoms with Gasteiger partial charge in [0, 0.05) is 25.7 Å². The summed E-state index contributed by atoms with van der Waals surface area (Å²) in [4.78, 5) is 30.5. The van der Waals surface area contributed by atoms with Crippen molar-refractivity contribution in [2.75, 3.05) is 30.8 Å². The fraction of sp³-hybridized carbons (Fsp3) is 0.409. The summed E-state index contributed by atoms with van der Waals surface area (Å²) in [7, 11) is 1.82. The second kappa shape index (κ2) is 9.21. The Kier molecular flexibility index (Phi) is 6.66. The van der Waals surface area contributed by atoms with E-state index in [0.717, 1.165) is 24.2 Å². The van der Waals surface area contributed by atoms with E-state index in [1.54, 1.807) is 35.4 Å². The van der Waals surface area contributed by atoms with E-state index in [1.807, 2.05) is 20.9 Å². The second-order valence-electron chi connectivity index (χ2n) is 7.72. The first-order valence-electron chi connectivity index (χ1n) is 10.1. The van der Waals surface area contributed by atoms with Gasteiger partial charge in [-0.3, -0.25) is 9.78 Å². The first kappa shape index (κ1) is 21.7. The fourth-order valence-electron chi connectivity index (χ4n) is 3.77. The topological polar surface area (TPSA) is 86.4 Å². The van der Waals surface area contributed by atoms with Gasteiger partial charge in [0.15, 0.2) is 0 Å². The molecule has 1 fully saturated rings. The summed E-state index contributed by atoms with van der Waals surface area (Å²) in [5.41, 5.74) is 1.93. The Morgan fingerprint density at radius 2 is 2.07 bits per heavy atom. The first-order valence-corrected chi connectivity index (χ1v) is 10.1. The highest BCUT2D eigenvalue weighted by atomic mass is 19.1. The fourth-order valence-corrected chi connectivity index (χ4v) is 3.77.